The fourth-order valence-corrected chi connectivity index (χ4v) is 3.07. The maximum Gasteiger partial charge on any atom is 0.250 e. The van der Waals surface area contributed by atoms with E-state index in [0.29, 0.717) is 12.1 Å². The highest BCUT2D eigenvalue weighted by Crippen LogP contribution is 2.38. The van der Waals surface area contributed by atoms with E-state index in [0.717, 1.165) is 18.9 Å². The van der Waals surface area contributed by atoms with Crippen molar-refractivity contribution in [1.29, 1.82) is 0 Å². The van der Waals surface area contributed by atoms with E-state index in [1.54, 1.807) is 0 Å². The standard InChI is InChI=1S/C15H16ClFN2O2/c1-2-11-14(20)18-13(8-3-4-8)15(21)19(11)12-6-5-9(17)7-10(12)16/h5-8,11,13H,2-4H2,1H3,(H,18,20). The third-order valence-corrected chi connectivity index (χ3v) is 4.37. The van der Waals surface area contributed by atoms with Gasteiger partial charge in [0.2, 0.25) is 5.91 Å². The first-order valence-corrected chi connectivity index (χ1v) is 7.49. The van der Waals surface area contributed by atoms with Crippen molar-refractivity contribution in [3.05, 3.63) is 29.0 Å². The van der Waals surface area contributed by atoms with Crippen molar-refractivity contribution in [2.75, 3.05) is 4.90 Å². The van der Waals surface area contributed by atoms with Crippen LogP contribution in [0.1, 0.15) is 26.2 Å². The van der Waals surface area contributed by atoms with Gasteiger partial charge in [-0.2, -0.15) is 0 Å². The molecule has 0 aromatic heterocycles. The predicted molar refractivity (Wildman–Crippen MR) is 77.6 cm³/mol. The number of carbonyl (C=O) groups is 2. The van der Waals surface area contributed by atoms with Gasteiger partial charge in [-0.05, 0) is 43.4 Å². The number of halogens is 2. The molecule has 0 radical (unpaired) electrons. The monoisotopic (exact) mass is 310 g/mol. The van der Waals surface area contributed by atoms with Crippen LogP contribution in [0.2, 0.25) is 5.02 Å². The van der Waals surface area contributed by atoms with Gasteiger partial charge in [0.1, 0.15) is 17.9 Å². The molecule has 2 amide bonds. The van der Waals surface area contributed by atoms with Crippen LogP contribution in [0.5, 0.6) is 0 Å². The first-order valence-electron chi connectivity index (χ1n) is 7.11. The Balaban J connectivity index is 2.01. The van der Waals surface area contributed by atoms with Gasteiger partial charge in [0.25, 0.3) is 5.91 Å². The van der Waals surface area contributed by atoms with Crippen LogP contribution in [0.15, 0.2) is 18.2 Å². The highest BCUT2D eigenvalue weighted by atomic mass is 35.5. The SMILES string of the molecule is CCC1C(=O)NC(C2CC2)C(=O)N1c1ccc(F)cc1Cl. The summed E-state index contributed by atoms with van der Waals surface area (Å²) in [5.41, 5.74) is 0.399. The van der Waals surface area contributed by atoms with Crippen molar-refractivity contribution in [3.8, 4) is 0 Å². The quantitative estimate of drug-likeness (QED) is 0.932. The van der Waals surface area contributed by atoms with Gasteiger partial charge in [-0.3, -0.25) is 14.5 Å². The van der Waals surface area contributed by atoms with Crippen molar-refractivity contribution in [2.24, 2.45) is 5.92 Å². The van der Waals surface area contributed by atoms with Gasteiger partial charge < -0.3 is 5.32 Å². The molecule has 1 N–H and O–H groups in total. The van der Waals surface area contributed by atoms with Crippen LogP contribution in [0.4, 0.5) is 10.1 Å². The Morgan fingerprint density at radius 1 is 1.38 bits per heavy atom. The minimum Gasteiger partial charge on any atom is -0.342 e. The predicted octanol–water partition coefficient (Wildman–Crippen LogP) is 2.50. The number of nitrogens with one attached hydrogen (secondary N) is 1. The minimum atomic E-state index is -0.601. The second-order valence-corrected chi connectivity index (χ2v) is 5.96. The molecule has 1 saturated carbocycles. The van der Waals surface area contributed by atoms with Gasteiger partial charge in [0, 0.05) is 0 Å². The van der Waals surface area contributed by atoms with Crippen LogP contribution < -0.4 is 10.2 Å². The zero-order valence-corrected chi connectivity index (χ0v) is 12.4. The molecular weight excluding hydrogens is 295 g/mol. The summed E-state index contributed by atoms with van der Waals surface area (Å²) in [6.07, 6.45) is 2.36. The summed E-state index contributed by atoms with van der Waals surface area (Å²) in [7, 11) is 0. The molecule has 2 fully saturated rings. The number of benzene rings is 1. The molecule has 0 bridgehead atoms. The minimum absolute atomic E-state index is 0.144. The number of hydrogen-bond donors (Lipinski definition) is 1. The maximum atomic E-state index is 13.2. The van der Waals surface area contributed by atoms with Gasteiger partial charge in [-0.15, -0.1) is 0 Å². The lowest BCUT2D eigenvalue weighted by Crippen LogP contribution is -2.64. The molecule has 0 spiro atoms. The molecule has 112 valence electrons. The zero-order chi connectivity index (χ0) is 15.1. The van der Waals surface area contributed by atoms with Crippen LogP contribution in [-0.4, -0.2) is 23.9 Å². The Hall–Kier alpha value is -1.62. The van der Waals surface area contributed by atoms with Gasteiger partial charge in [-0.25, -0.2) is 4.39 Å². The van der Waals surface area contributed by atoms with E-state index in [4.69, 9.17) is 11.6 Å². The number of piperazine rings is 1. The number of amides is 2. The van der Waals surface area contributed by atoms with E-state index < -0.39 is 17.9 Å². The molecule has 1 aromatic carbocycles. The molecule has 1 aliphatic heterocycles. The summed E-state index contributed by atoms with van der Waals surface area (Å²) in [6.45, 7) is 1.83. The highest BCUT2D eigenvalue weighted by Gasteiger charge is 2.47. The molecule has 1 saturated heterocycles. The average molecular weight is 311 g/mol. The summed E-state index contributed by atoms with van der Waals surface area (Å²) in [4.78, 5) is 26.4. The van der Waals surface area contributed by atoms with Crippen LogP contribution >= 0.6 is 11.6 Å². The summed E-state index contributed by atoms with van der Waals surface area (Å²) >= 11 is 6.08. The van der Waals surface area contributed by atoms with E-state index in [1.165, 1.54) is 17.0 Å². The Labute approximate surface area is 127 Å². The van der Waals surface area contributed by atoms with Crippen molar-refractivity contribution >= 4 is 29.1 Å². The lowest BCUT2D eigenvalue weighted by Gasteiger charge is -2.39. The molecule has 6 heteroatoms. The highest BCUT2D eigenvalue weighted by molar-refractivity contribution is 6.34. The van der Waals surface area contributed by atoms with Crippen molar-refractivity contribution < 1.29 is 14.0 Å². The summed E-state index contributed by atoms with van der Waals surface area (Å²) in [6, 6.07) is 2.78. The molecule has 1 aliphatic carbocycles. The normalized spacial score (nSPS) is 26.0. The van der Waals surface area contributed by atoms with Crippen LogP contribution in [0, 0.1) is 11.7 Å². The third-order valence-electron chi connectivity index (χ3n) is 4.06. The largest absolute Gasteiger partial charge is 0.342 e. The fraction of sp³-hybridized carbons (Fsp3) is 0.467. The molecule has 2 aliphatic rings. The van der Waals surface area contributed by atoms with E-state index in [1.807, 2.05) is 6.92 Å². The van der Waals surface area contributed by atoms with Crippen LogP contribution in [0.25, 0.3) is 0 Å². The van der Waals surface area contributed by atoms with Gasteiger partial charge in [0.05, 0.1) is 10.7 Å². The number of hydrogen-bond acceptors (Lipinski definition) is 2. The number of nitrogens with zero attached hydrogens (tertiary/aromatic N) is 1. The Morgan fingerprint density at radius 2 is 2.10 bits per heavy atom. The fourth-order valence-electron chi connectivity index (χ4n) is 2.81. The van der Waals surface area contributed by atoms with Gasteiger partial charge in [0.15, 0.2) is 0 Å². The number of rotatable bonds is 3. The molecule has 21 heavy (non-hydrogen) atoms. The van der Waals surface area contributed by atoms with Crippen LogP contribution in [-0.2, 0) is 9.59 Å². The average Bonchev–Trinajstić information content (AvgIpc) is 3.26. The molecule has 1 aromatic rings. The first-order chi connectivity index (χ1) is 10.0. The van der Waals surface area contributed by atoms with E-state index in [-0.39, 0.29) is 22.8 Å². The molecule has 1 heterocycles. The topological polar surface area (TPSA) is 49.4 Å². The number of anilines is 1. The smallest absolute Gasteiger partial charge is 0.250 e. The van der Waals surface area contributed by atoms with E-state index >= 15 is 0 Å². The Kier molecular flexibility index (Phi) is 3.61. The second kappa shape index (κ2) is 5.30. The van der Waals surface area contributed by atoms with Crippen molar-refractivity contribution in [3.63, 3.8) is 0 Å². The molecule has 4 nitrogen and oxygen atoms in total. The van der Waals surface area contributed by atoms with E-state index in [9.17, 15) is 14.0 Å². The van der Waals surface area contributed by atoms with Gasteiger partial charge in [-0.1, -0.05) is 18.5 Å². The van der Waals surface area contributed by atoms with Crippen LogP contribution in [0.3, 0.4) is 0 Å². The lowest BCUT2D eigenvalue weighted by molar-refractivity contribution is -0.134. The molecule has 2 atom stereocenters. The third kappa shape index (κ3) is 2.50. The molecule has 3 rings (SSSR count). The first kappa shape index (κ1) is 14.3. The lowest BCUT2D eigenvalue weighted by atomic mass is 10.0. The molecule has 2 unspecified atom stereocenters. The Bertz CT molecular complexity index is 603. The van der Waals surface area contributed by atoms with Crippen molar-refractivity contribution in [2.45, 2.75) is 38.3 Å². The summed E-state index contributed by atoms with van der Waals surface area (Å²) < 4.78 is 13.2. The van der Waals surface area contributed by atoms with Crippen molar-refractivity contribution in [1.82, 2.24) is 5.32 Å². The van der Waals surface area contributed by atoms with E-state index in [2.05, 4.69) is 5.32 Å². The van der Waals surface area contributed by atoms with Gasteiger partial charge >= 0.3 is 0 Å². The number of carbonyl (C=O) groups excluding carboxylic acids is 2. The Morgan fingerprint density at radius 3 is 2.67 bits per heavy atom. The summed E-state index contributed by atoms with van der Waals surface area (Å²) in [5.74, 6) is -0.586. The molecular formula is C15H16ClFN2O2. The summed E-state index contributed by atoms with van der Waals surface area (Å²) in [5, 5.41) is 2.96. The second-order valence-electron chi connectivity index (χ2n) is 5.55. The maximum absolute atomic E-state index is 13.2. The zero-order valence-electron chi connectivity index (χ0n) is 11.6.